The molecule has 0 atom stereocenters. The second kappa shape index (κ2) is 5.24. The molecular weight excluding hydrogens is 268 g/mol. The van der Waals surface area contributed by atoms with E-state index in [2.05, 4.69) is 0 Å². The predicted molar refractivity (Wildman–Crippen MR) is 79.4 cm³/mol. The zero-order valence-corrected chi connectivity index (χ0v) is 12.7. The van der Waals surface area contributed by atoms with Crippen molar-refractivity contribution < 1.29 is 19.4 Å². The maximum atomic E-state index is 11.2. The number of aliphatic carboxylic acids is 1. The standard InChI is InChI=1S/C17H22O4/c1-20-14-9-13(17(7-8-17)10-15(18)19)16(21-2)12-6-4-3-5-11(12)14/h9H,3-8,10H2,1-2H3,(H,18,19). The zero-order chi connectivity index (χ0) is 15.0. The lowest BCUT2D eigenvalue weighted by Crippen LogP contribution is -2.17. The smallest absolute Gasteiger partial charge is 0.304 e. The number of hydrogen-bond acceptors (Lipinski definition) is 3. The van der Waals surface area contributed by atoms with Gasteiger partial charge in [0.25, 0.3) is 0 Å². The molecule has 114 valence electrons. The Kier molecular flexibility index (Phi) is 3.56. The van der Waals surface area contributed by atoms with E-state index < -0.39 is 5.97 Å². The molecule has 0 radical (unpaired) electrons. The van der Waals surface area contributed by atoms with Crippen molar-refractivity contribution >= 4 is 5.97 Å². The van der Waals surface area contributed by atoms with Gasteiger partial charge in [-0.05, 0) is 44.6 Å². The minimum absolute atomic E-state index is 0.172. The Balaban J connectivity index is 2.14. The quantitative estimate of drug-likeness (QED) is 0.905. The van der Waals surface area contributed by atoms with Crippen molar-refractivity contribution in [2.45, 2.75) is 50.4 Å². The van der Waals surface area contributed by atoms with Gasteiger partial charge in [-0.2, -0.15) is 0 Å². The minimum atomic E-state index is -0.744. The summed E-state index contributed by atoms with van der Waals surface area (Å²) in [5.41, 5.74) is 3.26. The van der Waals surface area contributed by atoms with Crippen molar-refractivity contribution in [3.63, 3.8) is 0 Å². The fraction of sp³-hybridized carbons (Fsp3) is 0.588. The molecule has 0 heterocycles. The summed E-state index contributed by atoms with van der Waals surface area (Å²) in [5, 5.41) is 9.21. The van der Waals surface area contributed by atoms with Gasteiger partial charge in [0.2, 0.25) is 0 Å². The van der Waals surface area contributed by atoms with Gasteiger partial charge in [-0.25, -0.2) is 0 Å². The number of methoxy groups -OCH3 is 2. The summed E-state index contributed by atoms with van der Waals surface area (Å²) in [5.74, 6) is 1.06. The normalized spacial score (nSPS) is 18.8. The molecule has 1 aromatic carbocycles. The molecule has 1 aromatic rings. The molecule has 21 heavy (non-hydrogen) atoms. The first-order chi connectivity index (χ1) is 10.1. The highest BCUT2D eigenvalue weighted by Gasteiger charge is 2.48. The number of hydrogen-bond donors (Lipinski definition) is 1. The Morgan fingerprint density at radius 3 is 2.38 bits per heavy atom. The summed E-state index contributed by atoms with van der Waals surface area (Å²) >= 11 is 0. The van der Waals surface area contributed by atoms with E-state index in [1.807, 2.05) is 6.07 Å². The van der Waals surface area contributed by atoms with Gasteiger partial charge in [0.05, 0.1) is 20.6 Å². The number of carbonyl (C=O) groups is 1. The summed E-state index contributed by atoms with van der Waals surface area (Å²) in [4.78, 5) is 11.2. The Morgan fingerprint density at radius 1 is 1.19 bits per heavy atom. The van der Waals surface area contributed by atoms with Crippen molar-refractivity contribution in [1.29, 1.82) is 0 Å². The molecule has 0 bridgehead atoms. The molecule has 0 amide bonds. The summed E-state index contributed by atoms with van der Waals surface area (Å²) in [6, 6.07) is 2.03. The highest BCUT2D eigenvalue weighted by molar-refractivity contribution is 5.71. The van der Waals surface area contributed by atoms with Gasteiger partial charge in [-0.15, -0.1) is 0 Å². The molecule has 0 spiro atoms. The van der Waals surface area contributed by atoms with E-state index in [0.717, 1.165) is 49.2 Å². The number of carboxylic acid groups (broad SMARTS) is 1. The van der Waals surface area contributed by atoms with Crippen molar-refractivity contribution in [2.24, 2.45) is 0 Å². The van der Waals surface area contributed by atoms with Crippen LogP contribution in [0.15, 0.2) is 6.07 Å². The Morgan fingerprint density at radius 2 is 1.86 bits per heavy atom. The highest BCUT2D eigenvalue weighted by atomic mass is 16.5. The number of fused-ring (bicyclic) bond motifs is 1. The van der Waals surface area contributed by atoms with Gasteiger partial charge in [-0.1, -0.05) is 0 Å². The summed E-state index contributed by atoms with van der Waals surface area (Å²) in [6.07, 6.45) is 6.33. The molecule has 0 aliphatic heterocycles. The zero-order valence-electron chi connectivity index (χ0n) is 12.7. The highest BCUT2D eigenvalue weighted by Crippen LogP contribution is 2.56. The Hall–Kier alpha value is -1.71. The SMILES string of the molecule is COc1cc(C2(CC(=O)O)CC2)c(OC)c2c1CCCC2. The van der Waals surface area contributed by atoms with E-state index in [1.54, 1.807) is 14.2 Å². The topological polar surface area (TPSA) is 55.8 Å². The van der Waals surface area contributed by atoms with Crippen LogP contribution >= 0.6 is 0 Å². The molecule has 1 saturated carbocycles. The fourth-order valence-electron chi connectivity index (χ4n) is 3.67. The van der Waals surface area contributed by atoms with Crippen LogP contribution < -0.4 is 9.47 Å². The van der Waals surface area contributed by atoms with Gasteiger partial charge >= 0.3 is 5.97 Å². The molecule has 1 fully saturated rings. The number of carboxylic acids is 1. The lowest BCUT2D eigenvalue weighted by molar-refractivity contribution is -0.137. The first-order valence-corrected chi connectivity index (χ1v) is 7.60. The average molecular weight is 290 g/mol. The summed E-state index contributed by atoms with van der Waals surface area (Å²) in [7, 11) is 3.38. The predicted octanol–water partition coefficient (Wildman–Crippen LogP) is 3.09. The number of ether oxygens (including phenoxy) is 2. The second-order valence-corrected chi connectivity index (χ2v) is 6.17. The first-order valence-electron chi connectivity index (χ1n) is 7.60. The summed E-state index contributed by atoms with van der Waals surface area (Å²) in [6.45, 7) is 0. The number of benzene rings is 1. The molecule has 0 aromatic heterocycles. The second-order valence-electron chi connectivity index (χ2n) is 6.17. The van der Waals surface area contributed by atoms with Gasteiger partial charge in [0.1, 0.15) is 11.5 Å². The Bertz CT molecular complexity index is 573. The van der Waals surface area contributed by atoms with E-state index in [9.17, 15) is 9.90 Å². The average Bonchev–Trinajstić information content (AvgIpc) is 3.25. The van der Waals surface area contributed by atoms with Crippen LogP contribution in [0.3, 0.4) is 0 Å². The molecule has 3 rings (SSSR count). The van der Waals surface area contributed by atoms with Crippen molar-refractivity contribution in [3.8, 4) is 11.5 Å². The molecule has 2 aliphatic rings. The van der Waals surface area contributed by atoms with Crippen molar-refractivity contribution in [2.75, 3.05) is 14.2 Å². The third kappa shape index (κ3) is 2.37. The number of rotatable bonds is 5. The lowest BCUT2D eigenvalue weighted by Gasteiger charge is -2.26. The largest absolute Gasteiger partial charge is 0.496 e. The van der Waals surface area contributed by atoms with Crippen LogP contribution in [-0.2, 0) is 23.1 Å². The van der Waals surface area contributed by atoms with Crippen molar-refractivity contribution in [3.05, 3.63) is 22.8 Å². The van der Waals surface area contributed by atoms with Crippen LogP contribution in [0.25, 0.3) is 0 Å². The van der Waals surface area contributed by atoms with Crippen LogP contribution in [0.2, 0.25) is 0 Å². The van der Waals surface area contributed by atoms with Crippen LogP contribution in [0.5, 0.6) is 11.5 Å². The van der Waals surface area contributed by atoms with Crippen LogP contribution in [0.1, 0.15) is 48.8 Å². The molecule has 0 unspecified atom stereocenters. The van der Waals surface area contributed by atoms with E-state index >= 15 is 0 Å². The monoisotopic (exact) mass is 290 g/mol. The minimum Gasteiger partial charge on any atom is -0.496 e. The molecular formula is C17H22O4. The molecule has 2 aliphatic carbocycles. The van der Waals surface area contributed by atoms with E-state index in [4.69, 9.17) is 9.47 Å². The van der Waals surface area contributed by atoms with E-state index in [1.165, 1.54) is 17.5 Å². The van der Waals surface area contributed by atoms with Gasteiger partial charge in [0, 0.05) is 22.1 Å². The fourth-order valence-corrected chi connectivity index (χ4v) is 3.67. The Labute approximate surface area is 125 Å². The van der Waals surface area contributed by atoms with Crippen LogP contribution in [-0.4, -0.2) is 25.3 Å². The first kappa shape index (κ1) is 14.2. The van der Waals surface area contributed by atoms with Gasteiger partial charge in [0.15, 0.2) is 0 Å². The van der Waals surface area contributed by atoms with Crippen LogP contribution in [0, 0.1) is 0 Å². The van der Waals surface area contributed by atoms with Gasteiger partial charge < -0.3 is 14.6 Å². The molecule has 0 saturated heterocycles. The van der Waals surface area contributed by atoms with Gasteiger partial charge in [-0.3, -0.25) is 4.79 Å². The van der Waals surface area contributed by atoms with E-state index in [-0.39, 0.29) is 11.8 Å². The molecule has 4 heteroatoms. The van der Waals surface area contributed by atoms with E-state index in [0.29, 0.717) is 0 Å². The molecule has 1 N–H and O–H groups in total. The lowest BCUT2D eigenvalue weighted by atomic mass is 9.83. The third-order valence-electron chi connectivity index (χ3n) is 4.90. The maximum absolute atomic E-state index is 11.2. The third-order valence-corrected chi connectivity index (χ3v) is 4.90. The summed E-state index contributed by atoms with van der Waals surface area (Å²) < 4.78 is 11.3. The molecule has 4 nitrogen and oxygen atoms in total. The van der Waals surface area contributed by atoms with Crippen molar-refractivity contribution in [1.82, 2.24) is 0 Å². The van der Waals surface area contributed by atoms with Crippen LogP contribution in [0.4, 0.5) is 0 Å². The maximum Gasteiger partial charge on any atom is 0.304 e.